The minimum absolute atomic E-state index is 0.754. The van der Waals surface area contributed by atoms with Gasteiger partial charge in [-0.25, -0.2) is 4.98 Å². The standard InChI is InChI=1S/C14H22BrN3O/c1-19-14-13(4-2-6-16-14)12-18-8-3-7-17(9-5-15)10-11-18/h2,4,6H,3,5,7-12H2,1H3. The maximum absolute atomic E-state index is 5.32. The summed E-state index contributed by atoms with van der Waals surface area (Å²) in [6.07, 6.45) is 3.01. The van der Waals surface area contributed by atoms with Crippen LogP contribution in [-0.2, 0) is 6.54 Å². The number of ether oxygens (including phenoxy) is 1. The minimum Gasteiger partial charge on any atom is -0.481 e. The van der Waals surface area contributed by atoms with Crippen LogP contribution in [0.4, 0.5) is 0 Å². The number of hydrogen-bond acceptors (Lipinski definition) is 4. The molecule has 2 rings (SSSR count). The second kappa shape index (κ2) is 7.82. The Hall–Kier alpha value is -0.650. The van der Waals surface area contributed by atoms with Crippen molar-refractivity contribution >= 4 is 15.9 Å². The van der Waals surface area contributed by atoms with Crippen molar-refractivity contribution in [2.75, 3.05) is 45.2 Å². The van der Waals surface area contributed by atoms with Crippen LogP contribution in [0.1, 0.15) is 12.0 Å². The predicted molar refractivity (Wildman–Crippen MR) is 80.9 cm³/mol. The van der Waals surface area contributed by atoms with Crippen molar-refractivity contribution in [3.05, 3.63) is 23.9 Å². The molecule has 5 heteroatoms. The predicted octanol–water partition coefficient (Wildman–Crippen LogP) is 1.99. The number of aromatic nitrogens is 1. The van der Waals surface area contributed by atoms with Gasteiger partial charge in [0.25, 0.3) is 0 Å². The molecule has 0 saturated carbocycles. The van der Waals surface area contributed by atoms with E-state index in [1.165, 1.54) is 18.5 Å². The highest BCUT2D eigenvalue weighted by Gasteiger charge is 2.16. The lowest BCUT2D eigenvalue weighted by molar-refractivity contribution is 0.254. The summed E-state index contributed by atoms with van der Waals surface area (Å²) in [5.74, 6) is 0.754. The zero-order valence-electron chi connectivity index (χ0n) is 11.5. The molecule has 0 N–H and O–H groups in total. The molecule has 2 heterocycles. The highest BCUT2D eigenvalue weighted by atomic mass is 79.9. The van der Waals surface area contributed by atoms with Crippen LogP contribution < -0.4 is 4.74 Å². The summed E-state index contributed by atoms with van der Waals surface area (Å²) in [4.78, 5) is 9.28. The quantitative estimate of drug-likeness (QED) is 0.773. The lowest BCUT2D eigenvalue weighted by Crippen LogP contribution is -2.31. The molecule has 0 atom stereocenters. The summed E-state index contributed by atoms with van der Waals surface area (Å²) in [5.41, 5.74) is 1.18. The molecular formula is C14H22BrN3O. The Balaban J connectivity index is 1.92. The van der Waals surface area contributed by atoms with Crippen molar-refractivity contribution in [2.24, 2.45) is 0 Å². The third-order valence-electron chi connectivity index (χ3n) is 3.52. The molecule has 0 amide bonds. The molecular weight excluding hydrogens is 306 g/mol. The Labute approximate surface area is 123 Å². The fourth-order valence-electron chi connectivity index (χ4n) is 2.49. The van der Waals surface area contributed by atoms with Crippen LogP contribution >= 0.6 is 15.9 Å². The Morgan fingerprint density at radius 1 is 1.26 bits per heavy atom. The number of methoxy groups -OCH3 is 1. The van der Waals surface area contributed by atoms with Crippen molar-refractivity contribution in [2.45, 2.75) is 13.0 Å². The molecule has 0 radical (unpaired) electrons. The highest BCUT2D eigenvalue weighted by Crippen LogP contribution is 2.17. The molecule has 0 unspecified atom stereocenters. The number of alkyl halides is 1. The number of pyridine rings is 1. The van der Waals surface area contributed by atoms with E-state index in [1.807, 2.05) is 6.07 Å². The average Bonchev–Trinajstić information content (AvgIpc) is 2.66. The van der Waals surface area contributed by atoms with Gasteiger partial charge in [-0.3, -0.25) is 4.90 Å². The van der Waals surface area contributed by atoms with Crippen molar-refractivity contribution in [1.82, 2.24) is 14.8 Å². The van der Waals surface area contributed by atoms with Gasteiger partial charge in [-0.05, 0) is 25.6 Å². The van der Waals surface area contributed by atoms with Crippen LogP contribution in [0, 0.1) is 0 Å². The number of hydrogen-bond donors (Lipinski definition) is 0. The molecule has 1 aliphatic rings. The summed E-state index contributed by atoms with van der Waals surface area (Å²) in [7, 11) is 1.69. The van der Waals surface area contributed by atoms with Gasteiger partial charge in [0.05, 0.1) is 7.11 Å². The smallest absolute Gasteiger partial charge is 0.217 e. The zero-order chi connectivity index (χ0) is 13.5. The van der Waals surface area contributed by atoms with Crippen LogP contribution in [0.5, 0.6) is 5.88 Å². The molecule has 106 valence electrons. The second-order valence-corrected chi connectivity index (χ2v) is 5.63. The summed E-state index contributed by atoms with van der Waals surface area (Å²) in [6.45, 7) is 6.69. The number of halogens is 1. The first kappa shape index (κ1) is 14.8. The van der Waals surface area contributed by atoms with Gasteiger partial charge in [-0.1, -0.05) is 22.0 Å². The second-order valence-electron chi connectivity index (χ2n) is 4.83. The molecule has 4 nitrogen and oxygen atoms in total. The van der Waals surface area contributed by atoms with E-state index in [2.05, 4.69) is 36.8 Å². The van der Waals surface area contributed by atoms with E-state index in [0.29, 0.717) is 0 Å². The summed E-state index contributed by atoms with van der Waals surface area (Å²) < 4.78 is 5.32. The van der Waals surface area contributed by atoms with Crippen molar-refractivity contribution in [1.29, 1.82) is 0 Å². The molecule has 0 bridgehead atoms. The third kappa shape index (κ3) is 4.44. The normalized spacial score (nSPS) is 18.2. The highest BCUT2D eigenvalue weighted by molar-refractivity contribution is 9.09. The fourth-order valence-corrected chi connectivity index (χ4v) is 3.00. The Morgan fingerprint density at radius 2 is 2.05 bits per heavy atom. The molecule has 1 saturated heterocycles. The molecule has 1 aliphatic heterocycles. The van der Waals surface area contributed by atoms with Gasteiger partial charge in [0.2, 0.25) is 5.88 Å². The van der Waals surface area contributed by atoms with E-state index < -0.39 is 0 Å². The van der Waals surface area contributed by atoms with E-state index >= 15 is 0 Å². The van der Waals surface area contributed by atoms with Gasteiger partial charge >= 0.3 is 0 Å². The molecule has 19 heavy (non-hydrogen) atoms. The van der Waals surface area contributed by atoms with Crippen LogP contribution in [0.25, 0.3) is 0 Å². The van der Waals surface area contributed by atoms with Gasteiger partial charge in [0, 0.05) is 43.3 Å². The van der Waals surface area contributed by atoms with Crippen molar-refractivity contribution in [3.8, 4) is 5.88 Å². The van der Waals surface area contributed by atoms with Gasteiger partial charge in [0.15, 0.2) is 0 Å². The Bertz CT molecular complexity index is 389. The van der Waals surface area contributed by atoms with Crippen molar-refractivity contribution in [3.63, 3.8) is 0 Å². The largest absolute Gasteiger partial charge is 0.481 e. The Kier molecular flexibility index (Phi) is 6.07. The average molecular weight is 328 g/mol. The molecule has 0 spiro atoms. The number of rotatable bonds is 5. The van der Waals surface area contributed by atoms with Crippen molar-refractivity contribution < 1.29 is 4.74 Å². The lowest BCUT2D eigenvalue weighted by atomic mass is 10.2. The van der Waals surface area contributed by atoms with E-state index in [4.69, 9.17) is 4.74 Å². The van der Waals surface area contributed by atoms with Gasteiger partial charge in [-0.2, -0.15) is 0 Å². The summed E-state index contributed by atoms with van der Waals surface area (Å²) in [6, 6.07) is 4.08. The SMILES string of the molecule is COc1ncccc1CN1CCCN(CCBr)CC1. The first-order valence-corrected chi connectivity index (χ1v) is 7.94. The fraction of sp³-hybridized carbons (Fsp3) is 0.643. The third-order valence-corrected chi connectivity index (χ3v) is 3.87. The van der Waals surface area contributed by atoms with E-state index in [0.717, 1.165) is 43.9 Å². The van der Waals surface area contributed by atoms with Crippen LogP contribution in [0.3, 0.4) is 0 Å². The first-order valence-electron chi connectivity index (χ1n) is 6.82. The maximum Gasteiger partial charge on any atom is 0.217 e. The lowest BCUT2D eigenvalue weighted by Gasteiger charge is -2.21. The summed E-state index contributed by atoms with van der Waals surface area (Å²) in [5, 5.41) is 1.06. The topological polar surface area (TPSA) is 28.6 Å². The van der Waals surface area contributed by atoms with Crippen LogP contribution in [0.15, 0.2) is 18.3 Å². The summed E-state index contributed by atoms with van der Waals surface area (Å²) >= 11 is 3.52. The van der Waals surface area contributed by atoms with Gasteiger partial charge in [-0.15, -0.1) is 0 Å². The molecule has 1 fully saturated rings. The first-order chi connectivity index (χ1) is 9.33. The van der Waals surface area contributed by atoms with Crippen LogP contribution in [0.2, 0.25) is 0 Å². The molecule has 0 aromatic carbocycles. The monoisotopic (exact) mass is 327 g/mol. The van der Waals surface area contributed by atoms with Crippen LogP contribution in [-0.4, -0.2) is 59.9 Å². The van der Waals surface area contributed by atoms with Gasteiger partial charge < -0.3 is 9.64 Å². The molecule has 1 aromatic heterocycles. The number of nitrogens with zero attached hydrogens (tertiary/aromatic N) is 3. The van der Waals surface area contributed by atoms with E-state index in [1.54, 1.807) is 13.3 Å². The van der Waals surface area contributed by atoms with Gasteiger partial charge in [0.1, 0.15) is 0 Å². The minimum atomic E-state index is 0.754. The molecule has 0 aliphatic carbocycles. The van der Waals surface area contributed by atoms with E-state index in [-0.39, 0.29) is 0 Å². The van der Waals surface area contributed by atoms with E-state index in [9.17, 15) is 0 Å². The zero-order valence-corrected chi connectivity index (χ0v) is 13.1. The molecule has 1 aromatic rings. The Morgan fingerprint density at radius 3 is 2.84 bits per heavy atom. The maximum atomic E-state index is 5.32.